The number of likely N-dealkylation sites (tertiary alicyclic amines) is 1. The van der Waals surface area contributed by atoms with Crippen molar-refractivity contribution in [1.29, 1.82) is 0 Å². The highest BCUT2D eigenvalue weighted by molar-refractivity contribution is 5.03. The van der Waals surface area contributed by atoms with Gasteiger partial charge in [-0.1, -0.05) is 6.42 Å². The van der Waals surface area contributed by atoms with Gasteiger partial charge < -0.3 is 10.6 Å². The monoisotopic (exact) mass is 168 g/mol. The average molecular weight is 168 g/mol. The Hall–Kier alpha value is -0.0800. The van der Waals surface area contributed by atoms with E-state index in [2.05, 4.69) is 11.9 Å². The van der Waals surface area contributed by atoms with Crippen molar-refractivity contribution in [3.05, 3.63) is 0 Å². The molecule has 2 nitrogen and oxygen atoms in total. The van der Waals surface area contributed by atoms with Gasteiger partial charge in [-0.05, 0) is 51.7 Å². The first-order chi connectivity index (χ1) is 5.79. The Kier molecular flexibility index (Phi) is 2.13. The summed E-state index contributed by atoms with van der Waals surface area (Å²) < 4.78 is 0. The van der Waals surface area contributed by atoms with Gasteiger partial charge >= 0.3 is 0 Å². The number of hydrogen-bond donors (Lipinski definition) is 1. The summed E-state index contributed by atoms with van der Waals surface area (Å²) in [5.41, 5.74) is 6.35. The van der Waals surface area contributed by atoms with Gasteiger partial charge in [0.2, 0.25) is 0 Å². The van der Waals surface area contributed by atoms with Crippen molar-refractivity contribution in [3.63, 3.8) is 0 Å². The van der Waals surface area contributed by atoms with Crippen molar-refractivity contribution < 1.29 is 0 Å². The largest absolute Gasteiger partial charge is 0.330 e. The van der Waals surface area contributed by atoms with Gasteiger partial charge in [-0.3, -0.25) is 0 Å². The lowest BCUT2D eigenvalue weighted by Gasteiger charge is -2.37. The van der Waals surface area contributed by atoms with E-state index in [0.29, 0.717) is 5.54 Å². The molecule has 1 spiro atoms. The van der Waals surface area contributed by atoms with E-state index in [-0.39, 0.29) is 0 Å². The first-order valence-corrected chi connectivity index (χ1v) is 5.21. The summed E-state index contributed by atoms with van der Waals surface area (Å²) in [5.74, 6) is 0.782. The molecule has 2 atom stereocenters. The molecule has 0 bridgehead atoms. The molecule has 1 heterocycles. The summed E-state index contributed by atoms with van der Waals surface area (Å²) in [6, 6.07) is 0. The van der Waals surface area contributed by atoms with Crippen LogP contribution in [0.1, 0.15) is 32.1 Å². The predicted molar refractivity (Wildman–Crippen MR) is 51.0 cm³/mol. The fourth-order valence-electron chi connectivity index (χ4n) is 3.33. The molecule has 2 unspecified atom stereocenters. The van der Waals surface area contributed by atoms with Crippen LogP contribution in [0.2, 0.25) is 0 Å². The molecule has 1 aliphatic carbocycles. The molecule has 2 rings (SSSR count). The van der Waals surface area contributed by atoms with Gasteiger partial charge in [-0.15, -0.1) is 0 Å². The van der Waals surface area contributed by atoms with E-state index < -0.39 is 0 Å². The Morgan fingerprint density at radius 3 is 2.75 bits per heavy atom. The average Bonchev–Trinajstić information content (AvgIpc) is 2.62. The first kappa shape index (κ1) is 8.52. The molecule has 2 aliphatic rings. The minimum atomic E-state index is 0.523. The maximum absolute atomic E-state index is 5.82. The molecular weight excluding hydrogens is 148 g/mol. The number of hydrogen-bond acceptors (Lipinski definition) is 2. The van der Waals surface area contributed by atoms with Gasteiger partial charge in [0.05, 0.1) is 0 Å². The molecule has 2 fully saturated rings. The van der Waals surface area contributed by atoms with E-state index in [0.717, 1.165) is 12.5 Å². The second kappa shape index (κ2) is 3.00. The molecule has 2 heteroatoms. The molecule has 12 heavy (non-hydrogen) atoms. The van der Waals surface area contributed by atoms with E-state index in [9.17, 15) is 0 Å². The van der Waals surface area contributed by atoms with Crippen molar-refractivity contribution in [2.75, 3.05) is 20.1 Å². The number of rotatable bonds is 1. The third-order valence-electron chi connectivity index (χ3n) is 4.07. The quantitative estimate of drug-likeness (QED) is 0.637. The lowest BCUT2D eigenvalue weighted by atomic mass is 9.85. The molecule has 0 aromatic rings. The molecular formula is C10H20N2. The van der Waals surface area contributed by atoms with Crippen LogP contribution >= 0.6 is 0 Å². The van der Waals surface area contributed by atoms with Gasteiger partial charge in [0, 0.05) is 5.54 Å². The Labute approximate surface area is 75.1 Å². The topological polar surface area (TPSA) is 29.3 Å². The van der Waals surface area contributed by atoms with Crippen LogP contribution in [-0.2, 0) is 0 Å². The van der Waals surface area contributed by atoms with Crippen molar-refractivity contribution in [3.8, 4) is 0 Å². The molecule has 2 N–H and O–H groups in total. The van der Waals surface area contributed by atoms with Crippen LogP contribution in [0, 0.1) is 5.92 Å². The molecule has 70 valence electrons. The van der Waals surface area contributed by atoms with Crippen LogP contribution in [0.25, 0.3) is 0 Å². The third-order valence-corrected chi connectivity index (χ3v) is 4.07. The van der Waals surface area contributed by atoms with Crippen LogP contribution in [0.3, 0.4) is 0 Å². The lowest BCUT2D eigenvalue weighted by molar-refractivity contribution is 0.127. The molecule has 0 amide bonds. The van der Waals surface area contributed by atoms with E-state index in [1.54, 1.807) is 0 Å². The molecule has 0 radical (unpaired) electrons. The van der Waals surface area contributed by atoms with Gasteiger partial charge in [0.1, 0.15) is 0 Å². The van der Waals surface area contributed by atoms with Crippen LogP contribution in [0.4, 0.5) is 0 Å². The minimum absolute atomic E-state index is 0.523. The second-order valence-electron chi connectivity index (χ2n) is 4.45. The maximum Gasteiger partial charge on any atom is 0.0247 e. The zero-order valence-electron chi connectivity index (χ0n) is 8.05. The summed E-state index contributed by atoms with van der Waals surface area (Å²) in [5, 5.41) is 0. The van der Waals surface area contributed by atoms with Gasteiger partial charge in [-0.25, -0.2) is 0 Å². The fourth-order valence-corrected chi connectivity index (χ4v) is 3.33. The summed E-state index contributed by atoms with van der Waals surface area (Å²) in [6.07, 6.45) is 6.93. The molecule has 1 saturated heterocycles. The van der Waals surface area contributed by atoms with E-state index in [1.165, 1.54) is 38.6 Å². The third kappa shape index (κ3) is 1.01. The smallest absolute Gasteiger partial charge is 0.0247 e. The normalized spacial score (nSPS) is 43.0. The summed E-state index contributed by atoms with van der Waals surface area (Å²) >= 11 is 0. The summed E-state index contributed by atoms with van der Waals surface area (Å²) in [6.45, 7) is 2.18. The van der Waals surface area contributed by atoms with Gasteiger partial charge in [0.15, 0.2) is 0 Å². The molecule has 1 saturated carbocycles. The number of nitrogens with zero attached hydrogens (tertiary/aromatic N) is 1. The van der Waals surface area contributed by atoms with Crippen molar-refractivity contribution >= 4 is 0 Å². The highest BCUT2D eigenvalue weighted by atomic mass is 15.2. The van der Waals surface area contributed by atoms with Crippen molar-refractivity contribution in [2.24, 2.45) is 11.7 Å². The van der Waals surface area contributed by atoms with Crippen LogP contribution in [-0.4, -0.2) is 30.6 Å². The second-order valence-corrected chi connectivity index (χ2v) is 4.45. The van der Waals surface area contributed by atoms with Crippen LogP contribution in [0.15, 0.2) is 0 Å². The van der Waals surface area contributed by atoms with Crippen molar-refractivity contribution in [2.45, 2.75) is 37.6 Å². The van der Waals surface area contributed by atoms with Gasteiger partial charge in [-0.2, -0.15) is 0 Å². The molecule has 0 aromatic carbocycles. The first-order valence-electron chi connectivity index (χ1n) is 5.21. The zero-order chi connectivity index (χ0) is 8.60. The van der Waals surface area contributed by atoms with Crippen molar-refractivity contribution in [1.82, 2.24) is 4.90 Å². The van der Waals surface area contributed by atoms with Crippen LogP contribution < -0.4 is 5.73 Å². The predicted octanol–water partition coefficient (Wildman–Crippen LogP) is 1.21. The number of nitrogens with two attached hydrogens (primary N) is 1. The summed E-state index contributed by atoms with van der Waals surface area (Å²) in [4.78, 5) is 2.57. The Balaban J connectivity index is 2.17. The lowest BCUT2D eigenvalue weighted by Crippen LogP contribution is -2.46. The fraction of sp³-hybridized carbons (Fsp3) is 1.00. The summed E-state index contributed by atoms with van der Waals surface area (Å²) in [7, 11) is 2.28. The van der Waals surface area contributed by atoms with Crippen LogP contribution in [0.5, 0.6) is 0 Å². The SMILES string of the molecule is CN1CCCC12CCCC2CN. The zero-order valence-corrected chi connectivity index (χ0v) is 8.05. The molecule has 0 aromatic heterocycles. The van der Waals surface area contributed by atoms with E-state index in [1.807, 2.05) is 0 Å². The highest BCUT2D eigenvalue weighted by Crippen LogP contribution is 2.45. The maximum atomic E-state index is 5.82. The van der Waals surface area contributed by atoms with E-state index in [4.69, 9.17) is 5.73 Å². The Morgan fingerprint density at radius 2 is 2.17 bits per heavy atom. The Bertz CT molecular complexity index is 165. The Morgan fingerprint density at radius 1 is 1.42 bits per heavy atom. The highest BCUT2D eigenvalue weighted by Gasteiger charge is 2.47. The van der Waals surface area contributed by atoms with Gasteiger partial charge in [0.25, 0.3) is 0 Å². The van der Waals surface area contributed by atoms with E-state index >= 15 is 0 Å². The minimum Gasteiger partial charge on any atom is -0.330 e. The standard InChI is InChI=1S/C10H20N2/c1-12-7-3-6-10(12)5-2-4-9(10)8-11/h9H,2-8,11H2,1H3. The molecule has 1 aliphatic heterocycles.